The first-order chi connectivity index (χ1) is 8.69. The van der Waals surface area contributed by atoms with E-state index in [2.05, 4.69) is 28.7 Å². The molecule has 1 aliphatic rings. The Hall–Kier alpha value is -0.870. The molecule has 1 atom stereocenters. The van der Waals surface area contributed by atoms with E-state index < -0.39 is 0 Å². The fourth-order valence-corrected chi connectivity index (χ4v) is 2.75. The molecule has 4 nitrogen and oxygen atoms in total. The number of aromatic nitrogens is 2. The highest BCUT2D eigenvalue weighted by Crippen LogP contribution is 2.31. The van der Waals surface area contributed by atoms with Gasteiger partial charge >= 0.3 is 0 Å². The largest absolute Gasteiger partial charge is 0.375 e. The maximum atomic E-state index is 5.99. The summed E-state index contributed by atoms with van der Waals surface area (Å²) in [7, 11) is 2.04. The van der Waals surface area contributed by atoms with Gasteiger partial charge in [0.05, 0.1) is 12.1 Å². The molecule has 1 N–H and O–H groups in total. The maximum Gasteiger partial charge on any atom is 0.122 e. The lowest BCUT2D eigenvalue weighted by Crippen LogP contribution is -2.46. The Balaban J connectivity index is 1.88. The van der Waals surface area contributed by atoms with E-state index in [-0.39, 0.29) is 5.60 Å². The molecule has 0 aliphatic carbocycles. The summed E-state index contributed by atoms with van der Waals surface area (Å²) in [6.07, 6.45) is 8.26. The molecule has 0 aromatic carbocycles. The molecule has 1 aromatic heterocycles. The number of aryl methyl sites for hydroxylation is 1. The molecule has 0 spiro atoms. The minimum atomic E-state index is 0.0948. The Morgan fingerprint density at radius 2 is 2.28 bits per heavy atom. The molecular weight excluding hydrogens is 226 g/mol. The van der Waals surface area contributed by atoms with Crippen LogP contribution in [0.25, 0.3) is 0 Å². The van der Waals surface area contributed by atoms with Crippen LogP contribution in [0, 0.1) is 0 Å². The van der Waals surface area contributed by atoms with Crippen LogP contribution in [0.1, 0.15) is 45.4 Å². The van der Waals surface area contributed by atoms with E-state index in [9.17, 15) is 0 Å². The second-order valence-electron chi connectivity index (χ2n) is 5.26. The SMILES string of the molecule is CCC1(CC)CC(NCc2nccn2C)CCO1. The summed E-state index contributed by atoms with van der Waals surface area (Å²) in [4.78, 5) is 4.35. The zero-order valence-electron chi connectivity index (χ0n) is 11.8. The standard InChI is InChI=1S/C14H25N3O/c1-4-14(5-2)10-12(6-9-18-14)16-11-13-15-7-8-17(13)3/h7-8,12,16H,4-6,9-11H2,1-3H3. The van der Waals surface area contributed by atoms with E-state index in [0.717, 1.165) is 44.7 Å². The van der Waals surface area contributed by atoms with Crippen molar-refractivity contribution in [1.29, 1.82) is 0 Å². The van der Waals surface area contributed by atoms with Gasteiger partial charge in [-0.05, 0) is 25.7 Å². The summed E-state index contributed by atoms with van der Waals surface area (Å²) in [6, 6.07) is 0.551. The predicted molar refractivity (Wildman–Crippen MR) is 72.3 cm³/mol. The van der Waals surface area contributed by atoms with Crippen molar-refractivity contribution in [3.63, 3.8) is 0 Å². The Morgan fingerprint density at radius 1 is 1.50 bits per heavy atom. The van der Waals surface area contributed by atoms with Crippen molar-refractivity contribution in [2.45, 2.75) is 57.7 Å². The van der Waals surface area contributed by atoms with Crippen molar-refractivity contribution in [2.24, 2.45) is 7.05 Å². The van der Waals surface area contributed by atoms with Crippen LogP contribution in [0.15, 0.2) is 12.4 Å². The topological polar surface area (TPSA) is 39.1 Å². The van der Waals surface area contributed by atoms with Crippen LogP contribution in [0.4, 0.5) is 0 Å². The fraction of sp³-hybridized carbons (Fsp3) is 0.786. The summed E-state index contributed by atoms with van der Waals surface area (Å²) in [5.74, 6) is 1.10. The molecule has 1 saturated heterocycles. The minimum absolute atomic E-state index is 0.0948. The predicted octanol–water partition coefficient (Wildman–Crippen LogP) is 2.25. The van der Waals surface area contributed by atoms with Gasteiger partial charge in [-0.1, -0.05) is 13.8 Å². The summed E-state index contributed by atoms with van der Waals surface area (Å²) in [5, 5.41) is 3.62. The molecule has 0 bridgehead atoms. The number of ether oxygens (including phenoxy) is 1. The van der Waals surface area contributed by atoms with Crippen molar-refractivity contribution in [1.82, 2.24) is 14.9 Å². The van der Waals surface area contributed by atoms with Gasteiger partial charge in [-0.25, -0.2) is 4.98 Å². The lowest BCUT2D eigenvalue weighted by atomic mass is 9.86. The Bertz CT molecular complexity index is 371. The van der Waals surface area contributed by atoms with Crippen LogP contribution < -0.4 is 5.32 Å². The number of imidazole rings is 1. The molecule has 1 aliphatic heterocycles. The fourth-order valence-electron chi connectivity index (χ4n) is 2.75. The molecule has 2 heterocycles. The molecule has 1 unspecified atom stereocenters. The number of nitrogens with zero attached hydrogens (tertiary/aromatic N) is 2. The normalized spacial score (nSPS) is 23.2. The van der Waals surface area contributed by atoms with Gasteiger partial charge in [-0.15, -0.1) is 0 Å². The van der Waals surface area contributed by atoms with Crippen molar-refractivity contribution in [3.8, 4) is 0 Å². The Morgan fingerprint density at radius 3 is 2.89 bits per heavy atom. The van der Waals surface area contributed by atoms with Gasteiger partial charge in [0.25, 0.3) is 0 Å². The summed E-state index contributed by atoms with van der Waals surface area (Å²) >= 11 is 0. The maximum absolute atomic E-state index is 5.99. The van der Waals surface area contributed by atoms with Crippen LogP contribution in [0.5, 0.6) is 0 Å². The van der Waals surface area contributed by atoms with Crippen molar-refractivity contribution >= 4 is 0 Å². The van der Waals surface area contributed by atoms with Gasteiger partial charge in [-0.2, -0.15) is 0 Å². The molecule has 18 heavy (non-hydrogen) atoms. The molecule has 0 radical (unpaired) electrons. The van der Waals surface area contributed by atoms with Gasteiger partial charge in [0, 0.05) is 32.1 Å². The van der Waals surface area contributed by atoms with Crippen LogP contribution in [0.3, 0.4) is 0 Å². The Labute approximate surface area is 110 Å². The van der Waals surface area contributed by atoms with E-state index in [4.69, 9.17) is 4.74 Å². The zero-order chi connectivity index (χ0) is 13.0. The van der Waals surface area contributed by atoms with Gasteiger partial charge in [-0.3, -0.25) is 0 Å². The summed E-state index contributed by atoms with van der Waals surface area (Å²) in [5.41, 5.74) is 0.0948. The smallest absolute Gasteiger partial charge is 0.122 e. The van der Waals surface area contributed by atoms with Crippen LogP contribution >= 0.6 is 0 Å². The van der Waals surface area contributed by atoms with E-state index in [0.29, 0.717) is 6.04 Å². The van der Waals surface area contributed by atoms with Crippen molar-refractivity contribution in [3.05, 3.63) is 18.2 Å². The lowest BCUT2D eigenvalue weighted by molar-refractivity contribution is -0.0932. The van der Waals surface area contributed by atoms with Crippen LogP contribution in [0.2, 0.25) is 0 Å². The monoisotopic (exact) mass is 251 g/mol. The molecule has 0 saturated carbocycles. The van der Waals surface area contributed by atoms with E-state index in [1.807, 2.05) is 19.4 Å². The van der Waals surface area contributed by atoms with Gasteiger partial charge in [0.2, 0.25) is 0 Å². The molecular formula is C14H25N3O. The average molecular weight is 251 g/mol. The second-order valence-corrected chi connectivity index (χ2v) is 5.26. The molecule has 102 valence electrons. The summed E-state index contributed by atoms with van der Waals surface area (Å²) in [6.45, 7) is 6.17. The van der Waals surface area contributed by atoms with Gasteiger partial charge < -0.3 is 14.6 Å². The first-order valence-corrected chi connectivity index (χ1v) is 7.02. The highest BCUT2D eigenvalue weighted by molar-refractivity contribution is 4.93. The quantitative estimate of drug-likeness (QED) is 0.872. The van der Waals surface area contributed by atoms with E-state index in [1.165, 1.54) is 0 Å². The summed E-state index contributed by atoms with van der Waals surface area (Å²) < 4.78 is 8.06. The number of hydrogen-bond acceptors (Lipinski definition) is 3. The van der Waals surface area contributed by atoms with Crippen LogP contribution in [-0.4, -0.2) is 27.8 Å². The third-order valence-corrected chi connectivity index (χ3v) is 4.25. The lowest BCUT2D eigenvalue weighted by Gasteiger charge is -2.40. The first-order valence-electron chi connectivity index (χ1n) is 7.02. The number of rotatable bonds is 5. The number of hydrogen-bond donors (Lipinski definition) is 1. The highest BCUT2D eigenvalue weighted by atomic mass is 16.5. The minimum Gasteiger partial charge on any atom is -0.375 e. The van der Waals surface area contributed by atoms with Gasteiger partial charge in [0.1, 0.15) is 5.82 Å². The molecule has 2 rings (SSSR count). The molecule has 1 fully saturated rings. The van der Waals surface area contributed by atoms with Gasteiger partial charge in [0.15, 0.2) is 0 Å². The third-order valence-electron chi connectivity index (χ3n) is 4.25. The average Bonchev–Trinajstić information content (AvgIpc) is 2.82. The third kappa shape index (κ3) is 2.93. The second kappa shape index (κ2) is 5.85. The zero-order valence-corrected chi connectivity index (χ0v) is 11.8. The van der Waals surface area contributed by atoms with Crippen LogP contribution in [-0.2, 0) is 18.3 Å². The number of nitrogens with one attached hydrogen (secondary N) is 1. The first kappa shape index (κ1) is 13.6. The molecule has 0 amide bonds. The highest BCUT2D eigenvalue weighted by Gasteiger charge is 2.34. The molecule has 1 aromatic rings. The van der Waals surface area contributed by atoms with Crippen molar-refractivity contribution in [2.75, 3.05) is 6.61 Å². The Kier molecular flexibility index (Phi) is 4.40. The van der Waals surface area contributed by atoms with E-state index in [1.54, 1.807) is 0 Å². The molecule has 4 heteroatoms. The van der Waals surface area contributed by atoms with Crippen molar-refractivity contribution < 1.29 is 4.74 Å². The van der Waals surface area contributed by atoms with E-state index >= 15 is 0 Å².